The molecule has 0 aliphatic carbocycles. The summed E-state index contributed by atoms with van der Waals surface area (Å²) in [6.07, 6.45) is 0. The van der Waals surface area contributed by atoms with Gasteiger partial charge in [0, 0.05) is 10.2 Å². The molecule has 0 aliphatic heterocycles. The predicted molar refractivity (Wildman–Crippen MR) is 100 cm³/mol. The number of carboxylic acids is 1. The van der Waals surface area contributed by atoms with Crippen molar-refractivity contribution in [1.29, 1.82) is 0 Å². The average molecular weight is 402 g/mol. The Balaban J connectivity index is 2.33. The van der Waals surface area contributed by atoms with Gasteiger partial charge >= 0.3 is 5.97 Å². The fraction of sp³-hybridized carbons (Fsp3) is 0.150. The number of benzene rings is 2. The molecule has 25 heavy (non-hydrogen) atoms. The van der Waals surface area contributed by atoms with Crippen molar-refractivity contribution in [2.24, 2.45) is 0 Å². The van der Waals surface area contributed by atoms with Gasteiger partial charge in [-0.1, -0.05) is 12.1 Å². The van der Waals surface area contributed by atoms with Crippen molar-refractivity contribution in [3.8, 4) is 16.9 Å². The largest absolute Gasteiger partial charge is 0.478 e. The number of hydrogen-bond donors (Lipinski definition) is 1. The highest BCUT2D eigenvalue weighted by atomic mass is 79.9. The lowest BCUT2D eigenvalue weighted by molar-refractivity contribution is 0.0696. The van der Waals surface area contributed by atoms with Crippen molar-refractivity contribution < 1.29 is 14.3 Å². The smallest absolute Gasteiger partial charge is 0.337 e. The zero-order valence-corrected chi connectivity index (χ0v) is 15.7. The lowest BCUT2D eigenvalue weighted by atomic mass is 10.0. The maximum absolute atomic E-state index is 13.5. The van der Waals surface area contributed by atoms with E-state index < -0.39 is 5.97 Å². The van der Waals surface area contributed by atoms with Gasteiger partial charge in [-0.25, -0.2) is 9.18 Å². The van der Waals surface area contributed by atoms with E-state index in [0.29, 0.717) is 15.9 Å². The Morgan fingerprint density at radius 1 is 1.04 bits per heavy atom. The summed E-state index contributed by atoms with van der Waals surface area (Å²) in [6.45, 7) is 5.80. The molecule has 0 saturated heterocycles. The van der Waals surface area contributed by atoms with Crippen molar-refractivity contribution in [3.05, 3.63) is 75.1 Å². The molecule has 0 radical (unpaired) electrons. The number of aryl methyl sites for hydroxylation is 2. The molecule has 3 rings (SSSR count). The number of carbonyl (C=O) groups is 1. The molecular weight excluding hydrogens is 385 g/mol. The second-order valence-electron chi connectivity index (χ2n) is 6.06. The summed E-state index contributed by atoms with van der Waals surface area (Å²) >= 11 is 3.39. The molecule has 1 aromatic heterocycles. The number of halogens is 2. The van der Waals surface area contributed by atoms with Crippen LogP contribution in [0.2, 0.25) is 0 Å². The van der Waals surface area contributed by atoms with Crippen LogP contribution in [-0.4, -0.2) is 15.6 Å². The normalized spacial score (nSPS) is 10.9. The van der Waals surface area contributed by atoms with E-state index in [0.717, 1.165) is 16.8 Å². The molecule has 0 aliphatic rings. The van der Waals surface area contributed by atoms with Crippen LogP contribution in [0.1, 0.15) is 27.2 Å². The van der Waals surface area contributed by atoms with Crippen molar-refractivity contribution >= 4 is 21.9 Å². The van der Waals surface area contributed by atoms with Crippen LogP contribution in [0.15, 0.2) is 46.9 Å². The van der Waals surface area contributed by atoms with Crippen LogP contribution in [0.5, 0.6) is 0 Å². The number of aromatic nitrogens is 1. The Labute approximate surface area is 153 Å². The number of rotatable bonds is 3. The monoisotopic (exact) mass is 401 g/mol. The van der Waals surface area contributed by atoms with Gasteiger partial charge in [-0.3, -0.25) is 0 Å². The van der Waals surface area contributed by atoms with Crippen molar-refractivity contribution in [1.82, 2.24) is 4.57 Å². The van der Waals surface area contributed by atoms with E-state index in [1.165, 1.54) is 17.7 Å². The Bertz CT molecular complexity index is 992. The minimum atomic E-state index is -0.987. The van der Waals surface area contributed by atoms with Crippen LogP contribution in [0.25, 0.3) is 16.9 Å². The molecule has 0 atom stereocenters. The zero-order valence-electron chi connectivity index (χ0n) is 14.1. The van der Waals surface area contributed by atoms with E-state index >= 15 is 0 Å². The molecule has 0 spiro atoms. The summed E-state index contributed by atoms with van der Waals surface area (Å²) < 4.78 is 15.9. The van der Waals surface area contributed by atoms with Gasteiger partial charge in [0.2, 0.25) is 0 Å². The van der Waals surface area contributed by atoms with Gasteiger partial charge < -0.3 is 9.67 Å². The summed E-state index contributed by atoms with van der Waals surface area (Å²) in [5.74, 6) is -1.34. The molecule has 5 heteroatoms. The number of carboxylic acid groups (broad SMARTS) is 1. The van der Waals surface area contributed by atoms with Gasteiger partial charge in [-0.15, -0.1) is 0 Å². The molecule has 128 valence electrons. The van der Waals surface area contributed by atoms with Crippen LogP contribution in [0.4, 0.5) is 4.39 Å². The Morgan fingerprint density at radius 2 is 1.76 bits per heavy atom. The van der Waals surface area contributed by atoms with Crippen molar-refractivity contribution in [2.75, 3.05) is 0 Å². The van der Waals surface area contributed by atoms with E-state index in [1.807, 2.05) is 36.6 Å². The third kappa shape index (κ3) is 3.12. The van der Waals surface area contributed by atoms with Gasteiger partial charge in [0.25, 0.3) is 0 Å². The van der Waals surface area contributed by atoms with Crippen LogP contribution >= 0.6 is 15.9 Å². The molecule has 0 fully saturated rings. The molecule has 0 unspecified atom stereocenters. The first-order valence-corrected chi connectivity index (χ1v) is 8.57. The highest BCUT2D eigenvalue weighted by Crippen LogP contribution is 2.33. The molecule has 0 saturated carbocycles. The van der Waals surface area contributed by atoms with Gasteiger partial charge in [0.05, 0.1) is 16.9 Å². The minimum absolute atomic E-state index is 0.226. The second kappa shape index (κ2) is 6.48. The molecule has 3 aromatic rings. The van der Waals surface area contributed by atoms with Crippen LogP contribution in [0, 0.1) is 26.6 Å². The quantitative estimate of drug-likeness (QED) is 0.614. The number of hydrogen-bond acceptors (Lipinski definition) is 1. The van der Waals surface area contributed by atoms with Gasteiger partial charge in [-0.05, 0) is 83.7 Å². The van der Waals surface area contributed by atoms with Gasteiger partial charge in [0.15, 0.2) is 0 Å². The topological polar surface area (TPSA) is 42.2 Å². The first kappa shape index (κ1) is 17.4. The highest BCUT2D eigenvalue weighted by molar-refractivity contribution is 9.10. The molecule has 1 N–H and O–H groups in total. The maximum Gasteiger partial charge on any atom is 0.337 e. The minimum Gasteiger partial charge on any atom is -0.478 e. The standard InChI is InChI=1S/C20H17BrFNO2/c1-11-4-5-14(8-12(11)2)19-10-16(20(24)25)13(3)23(19)18-7-6-15(22)9-17(18)21/h4-10H,1-3H3,(H,24,25). The third-order valence-electron chi connectivity index (χ3n) is 4.43. The third-order valence-corrected chi connectivity index (χ3v) is 5.07. The molecule has 0 amide bonds. The Kier molecular flexibility index (Phi) is 4.52. The van der Waals surface area contributed by atoms with Crippen LogP contribution in [0.3, 0.4) is 0 Å². The second-order valence-corrected chi connectivity index (χ2v) is 6.92. The van der Waals surface area contributed by atoms with E-state index in [2.05, 4.69) is 15.9 Å². The highest BCUT2D eigenvalue weighted by Gasteiger charge is 2.20. The maximum atomic E-state index is 13.5. The SMILES string of the molecule is Cc1ccc(-c2cc(C(=O)O)c(C)n2-c2ccc(F)cc2Br)cc1C. The van der Waals surface area contributed by atoms with E-state index in [9.17, 15) is 14.3 Å². The molecule has 2 aromatic carbocycles. The molecular formula is C20H17BrFNO2. The van der Waals surface area contributed by atoms with Gasteiger partial charge in [-0.2, -0.15) is 0 Å². The predicted octanol–water partition coefficient (Wildman–Crippen LogP) is 5.67. The van der Waals surface area contributed by atoms with E-state index in [1.54, 1.807) is 19.1 Å². The van der Waals surface area contributed by atoms with E-state index in [4.69, 9.17) is 0 Å². The van der Waals surface area contributed by atoms with E-state index in [-0.39, 0.29) is 11.4 Å². The lowest BCUT2D eigenvalue weighted by Gasteiger charge is -2.15. The van der Waals surface area contributed by atoms with Crippen LogP contribution < -0.4 is 0 Å². The van der Waals surface area contributed by atoms with Crippen molar-refractivity contribution in [2.45, 2.75) is 20.8 Å². The summed E-state index contributed by atoms with van der Waals surface area (Å²) in [4.78, 5) is 11.6. The molecule has 0 bridgehead atoms. The molecule has 3 nitrogen and oxygen atoms in total. The Morgan fingerprint density at radius 3 is 2.36 bits per heavy atom. The first-order valence-electron chi connectivity index (χ1n) is 7.78. The summed E-state index contributed by atoms with van der Waals surface area (Å²) in [7, 11) is 0. The summed E-state index contributed by atoms with van der Waals surface area (Å²) in [5, 5.41) is 9.52. The van der Waals surface area contributed by atoms with Crippen molar-refractivity contribution in [3.63, 3.8) is 0 Å². The number of aromatic carboxylic acids is 1. The number of nitrogens with zero attached hydrogens (tertiary/aromatic N) is 1. The van der Waals surface area contributed by atoms with Crippen LogP contribution in [-0.2, 0) is 0 Å². The first-order chi connectivity index (χ1) is 11.8. The lowest BCUT2D eigenvalue weighted by Crippen LogP contribution is -2.03. The molecule has 1 heterocycles. The average Bonchev–Trinajstić information content (AvgIpc) is 2.88. The summed E-state index contributed by atoms with van der Waals surface area (Å²) in [5.41, 5.74) is 5.47. The fourth-order valence-corrected chi connectivity index (χ4v) is 3.44. The van der Waals surface area contributed by atoms with Gasteiger partial charge in [0.1, 0.15) is 5.82 Å². The fourth-order valence-electron chi connectivity index (χ4n) is 2.91. The Hall–Kier alpha value is -2.40. The zero-order chi connectivity index (χ0) is 18.3. The summed E-state index contributed by atoms with van der Waals surface area (Å²) in [6, 6.07) is 12.1.